The molecule has 1 aliphatic carbocycles. The second-order valence-corrected chi connectivity index (χ2v) is 4.80. The van der Waals surface area contributed by atoms with Crippen molar-refractivity contribution in [2.45, 2.75) is 44.9 Å². The Balaban J connectivity index is 1.67. The van der Waals surface area contributed by atoms with E-state index >= 15 is 0 Å². The van der Waals surface area contributed by atoms with Crippen LogP contribution < -0.4 is 5.32 Å². The molecule has 1 aromatic rings. The van der Waals surface area contributed by atoms with Gasteiger partial charge < -0.3 is 15.2 Å². The summed E-state index contributed by atoms with van der Waals surface area (Å²) in [6, 6.07) is 0. The van der Waals surface area contributed by atoms with E-state index in [9.17, 15) is 9.59 Å². The van der Waals surface area contributed by atoms with Crippen molar-refractivity contribution in [3.63, 3.8) is 0 Å². The highest BCUT2D eigenvalue weighted by molar-refractivity contribution is 5.77. The third kappa shape index (κ3) is 4.61. The monoisotopic (exact) mass is 282 g/mol. The minimum atomic E-state index is -0.990. The molecule has 0 atom stereocenters. The number of amides is 1. The Morgan fingerprint density at radius 2 is 2.20 bits per heavy atom. The molecule has 0 aromatic carbocycles. The van der Waals surface area contributed by atoms with Crippen LogP contribution in [0, 0.1) is 0 Å². The van der Waals surface area contributed by atoms with Gasteiger partial charge in [0.05, 0.1) is 18.8 Å². The van der Waals surface area contributed by atoms with Crippen LogP contribution in [-0.4, -0.2) is 44.7 Å². The Bertz CT molecular complexity index is 468. The summed E-state index contributed by atoms with van der Waals surface area (Å²) in [6.07, 6.45) is 6.08. The molecule has 2 N–H and O–H groups in total. The average molecular weight is 282 g/mol. The number of aliphatic carboxylic acids is 1. The lowest BCUT2D eigenvalue weighted by Crippen LogP contribution is -2.29. The van der Waals surface area contributed by atoms with Gasteiger partial charge in [-0.25, -0.2) is 4.68 Å². The van der Waals surface area contributed by atoms with Gasteiger partial charge in [0.25, 0.3) is 0 Å². The Morgan fingerprint density at radius 3 is 2.90 bits per heavy atom. The zero-order chi connectivity index (χ0) is 14.4. The topological polar surface area (TPSA) is 106 Å². The number of nitrogens with zero attached hydrogens (tertiary/aromatic N) is 3. The zero-order valence-electron chi connectivity index (χ0n) is 11.1. The van der Waals surface area contributed by atoms with Crippen molar-refractivity contribution in [2.75, 3.05) is 6.61 Å². The van der Waals surface area contributed by atoms with Crippen LogP contribution in [0.2, 0.25) is 0 Å². The molecule has 1 saturated carbocycles. The third-order valence-electron chi connectivity index (χ3n) is 3.10. The maximum atomic E-state index is 11.6. The molecule has 0 saturated heterocycles. The Morgan fingerprint density at radius 1 is 1.45 bits per heavy atom. The maximum absolute atomic E-state index is 11.6. The van der Waals surface area contributed by atoms with Gasteiger partial charge in [-0.05, 0) is 12.8 Å². The van der Waals surface area contributed by atoms with E-state index in [4.69, 9.17) is 9.84 Å². The minimum absolute atomic E-state index is 0.0495. The molecule has 20 heavy (non-hydrogen) atoms. The lowest BCUT2D eigenvalue weighted by molar-refractivity contribution is -0.138. The first-order chi connectivity index (χ1) is 9.63. The number of ether oxygens (including phenoxy) is 1. The summed E-state index contributed by atoms with van der Waals surface area (Å²) in [6.45, 7) is 0.0200. The first-order valence-corrected chi connectivity index (χ1v) is 6.62. The molecule has 1 aromatic heterocycles. The van der Waals surface area contributed by atoms with Gasteiger partial charge in [-0.15, -0.1) is 5.10 Å². The van der Waals surface area contributed by atoms with Crippen LogP contribution in [0.3, 0.4) is 0 Å². The number of carboxylic acids is 1. The molecule has 0 aliphatic heterocycles. The van der Waals surface area contributed by atoms with Gasteiger partial charge in [0, 0.05) is 0 Å². The summed E-state index contributed by atoms with van der Waals surface area (Å²) in [5.74, 6) is -1.19. The van der Waals surface area contributed by atoms with E-state index in [1.165, 1.54) is 23.7 Å². The van der Waals surface area contributed by atoms with Crippen LogP contribution in [0.25, 0.3) is 0 Å². The van der Waals surface area contributed by atoms with Crippen LogP contribution in [0.1, 0.15) is 31.4 Å². The fourth-order valence-corrected chi connectivity index (χ4v) is 2.12. The van der Waals surface area contributed by atoms with Crippen molar-refractivity contribution >= 4 is 11.9 Å². The first kappa shape index (κ1) is 14.4. The van der Waals surface area contributed by atoms with Gasteiger partial charge in [0.15, 0.2) is 0 Å². The van der Waals surface area contributed by atoms with Crippen LogP contribution in [0.4, 0.5) is 0 Å². The number of aromatic nitrogens is 3. The molecule has 0 unspecified atom stereocenters. The van der Waals surface area contributed by atoms with E-state index in [0.717, 1.165) is 12.8 Å². The second kappa shape index (κ2) is 6.99. The van der Waals surface area contributed by atoms with Crippen molar-refractivity contribution in [3.8, 4) is 0 Å². The lowest BCUT2D eigenvalue weighted by Gasteiger charge is -2.10. The molecule has 2 rings (SSSR count). The van der Waals surface area contributed by atoms with Gasteiger partial charge in [0.2, 0.25) is 5.91 Å². The maximum Gasteiger partial charge on any atom is 0.325 e. The quantitative estimate of drug-likeness (QED) is 0.725. The molecule has 8 heteroatoms. The molecule has 0 radical (unpaired) electrons. The van der Waals surface area contributed by atoms with E-state index in [0.29, 0.717) is 5.69 Å². The molecule has 1 fully saturated rings. The number of rotatable bonds is 7. The molecular weight excluding hydrogens is 264 g/mol. The highest BCUT2D eigenvalue weighted by Crippen LogP contribution is 2.20. The summed E-state index contributed by atoms with van der Waals surface area (Å²) in [5.41, 5.74) is 0.514. The van der Waals surface area contributed by atoms with Crippen molar-refractivity contribution < 1.29 is 19.4 Å². The SMILES string of the molecule is O=C(O)Cn1cc(CNC(=O)COC2CCCC2)nn1. The van der Waals surface area contributed by atoms with Gasteiger partial charge >= 0.3 is 5.97 Å². The predicted octanol–water partition coefficient (Wildman–Crippen LogP) is -0.0619. The molecule has 1 aliphatic rings. The number of hydrogen-bond donors (Lipinski definition) is 2. The Hall–Kier alpha value is -1.96. The summed E-state index contributed by atoms with van der Waals surface area (Å²) in [4.78, 5) is 22.1. The van der Waals surface area contributed by atoms with Crippen molar-refractivity contribution in [1.82, 2.24) is 20.3 Å². The summed E-state index contributed by atoms with van der Waals surface area (Å²) in [5, 5.41) is 18.7. The van der Waals surface area contributed by atoms with E-state index in [1.807, 2.05) is 0 Å². The van der Waals surface area contributed by atoms with E-state index in [2.05, 4.69) is 15.6 Å². The molecule has 1 heterocycles. The molecule has 8 nitrogen and oxygen atoms in total. The van der Waals surface area contributed by atoms with Gasteiger partial charge in [-0.3, -0.25) is 9.59 Å². The Kier molecular flexibility index (Phi) is 5.05. The number of carbonyl (C=O) groups is 2. The van der Waals surface area contributed by atoms with Crippen molar-refractivity contribution in [1.29, 1.82) is 0 Å². The first-order valence-electron chi connectivity index (χ1n) is 6.62. The van der Waals surface area contributed by atoms with Crippen molar-refractivity contribution in [3.05, 3.63) is 11.9 Å². The van der Waals surface area contributed by atoms with E-state index < -0.39 is 5.97 Å². The normalized spacial score (nSPS) is 15.4. The third-order valence-corrected chi connectivity index (χ3v) is 3.10. The number of carboxylic acid groups (broad SMARTS) is 1. The summed E-state index contributed by atoms with van der Waals surface area (Å²) >= 11 is 0. The Labute approximate surface area is 116 Å². The highest BCUT2D eigenvalue weighted by Gasteiger charge is 2.16. The second-order valence-electron chi connectivity index (χ2n) is 4.80. The fraction of sp³-hybridized carbons (Fsp3) is 0.667. The standard InChI is InChI=1S/C12H18N4O4/c17-11(8-20-10-3-1-2-4-10)13-5-9-6-16(15-14-9)7-12(18)19/h6,10H,1-5,7-8H2,(H,13,17)(H,18,19). The largest absolute Gasteiger partial charge is 0.480 e. The number of hydrogen-bond acceptors (Lipinski definition) is 5. The van der Waals surface area contributed by atoms with Crippen LogP contribution >= 0.6 is 0 Å². The molecular formula is C12H18N4O4. The fourth-order valence-electron chi connectivity index (χ4n) is 2.12. The molecule has 1 amide bonds. The summed E-state index contributed by atoms with van der Waals surface area (Å²) < 4.78 is 6.69. The minimum Gasteiger partial charge on any atom is -0.480 e. The van der Waals surface area contributed by atoms with E-state index in [1.54, 1.807) is 0 Å². The lowest BCUT2D eigenvalue weighted by atomic mass is 10.3. The smallest absolute Gasteiger partial charge is 0.325 e. The number of nitrogens with one attached hydrogen (secondary N) is 1. The molecule has 110 valence electrons. The van der Waals surface area contributed by atoms with Crippen LogP contribution in [0.5, 0.6) is 0 Å². The molecule has 0 bridgehead atoms. The van der Waals surface area contributed by atoms with Crippen molar-refractivity contribution in [2.24, 2.45) is 0 Å². The van der Waals surface area contributed by atoms with Crippen LogP contribution in [-0.2, 0) is 27.4 Å². The highest BCUT2D eigenvalue weighted by atomic mass is 16.5. The van der Waals surface area contributed by atoms with Gasteiger partial charge in [-0.2, -0.15) is 0 Å². The average Bonchev–Trinajstić information content (AvgIpc) is 3.04. The van der Waals surface area contributed by atoms with Gasteiger partial charge in [-0.1, -0.05) is 18.1 Å². The van der Waals surface area contributed by atoms with E-state index in [-0.39, 0.29) is 31.7 Å². The molecule has 0 spiro atoms. The number of carbonyl (C=O) groups excluding carboxylic acids is 1. The summed E-state index contributed by atoms with van der Waals surface area (Å²) in [7, 11) is 0. The predicted molar refractivity (Wildman–Crippen MR) is 67.7 cm³/mol. The van der Waals surface area contributed by atoms with Crippen LogP contribution in [0.15, 0.2) is 6.20 Å². The zero-order valence-corrected chi connectivity index (χ0v) is 11.1. The van der Waals surface area contributed by atoms with Gasteiger partial charge in [0.1, 0.15) is 18.8 Å².